The molecule has 9 nitrogen and oxygen atoms in total. The third-order valence-corrected chi connectivity index (χ3v) is 8.47. The molecule has 0 radical (unpaired) electrons. The van der Waals surface area contributed by atoms with Gasteiger partial charge in [-0.2, -0.15) is 5.26 Å². The summed E-state index contributed by atoms with van der Waals surface area (Å²) in [5, 5.41) is 21.4. The second-order valence-corrected chi connectivity index (χ2v) is 11.6. The highest BCUT2D eigenvalue weighted by atomic mass is 35.5. The molecule has 0 unspecified atom stereocenters. The Hall–Kier alpha value is -3.74. The van der Waals surface area contributed by atoms with Crippen molar-refractivity contribution in [3.8, 4) is 6.19 Å². The van der Waals surface area contributed by atoms with Gasteiger partial charge in [-0.1, -0.05) is 18.0 Å². The number of hydrogen-bond acceptors (Lipinski definition) is 7. The van der Waals surface area contributed by atoms with E-state index in [0.29, 0.717) is 79.6 Å². The smallest absolute Gasteiger partial charge is 0.261 e. The van der Waals surface area contributed by atoms with Crippen LogP contribution in [-0.2, 0) is 17.8 Å². The molecular formula is C31H34ClN5O4. The zero-order valence-electron chi connectivity index (χ0n) is 23.0. The van der Waals surface area contributed by atoms with E-state index < -0.39 is 5.60 Å². The van der Waals surface area contributed by atoms with Crippen molar-refractivity contribution in [1.29, 1.82) is 5.26 Å². The van der Waals surface area contributed by atoms with Crippen LogP contribution in [0.4, 0.5) is 5.69 Å². The van der Waals surface area contributed by atoms with E-state index in [4.69, 9.17) is 11.6 Å². The van der Waals surface area contributed by atoms with Gasteiger partial charge < -0.3 is 10.0 Å². The van der Waals surface area contributed by atoms with Crippen LogP contribution in [0.1, 0.15) is 67.3 Å². The highest BCUT2D eigenvalue weighted by molar-refractivity contribution is 6.31. The number of benzene rings is 2. The molecule has 214 valence electrons. The first kappa shape index (κ1) is 28.8. The van der Waals surface area contributed by atoms with Gasteiger partial charge in [-0.3, -0.25) is 23.9 Å². The zero-order chi connectivity index (χ0) is 29.0. The number of anilines is 1. The number of ketones is 1. The van der Waals surface area contributed by atoms with Crippen LogP contribution in [0.15, 0.2) is 47.5 Å². The number of aryl methyl sites for hydroxylation is 1. The summed E-state index contributed by atoms with van der Waals surface area (Å²) in [4.78, 5) is 46.1. The molecule has 1 N–H and O–H groups in total. The van der Waals surface area contributed by atoms with Gasteiger partial charge >= 0.3 is 0 Å². The van der Waals surface area contributed by atoms with Gasteiger partial charge in [-0.05, 0) is 80.5 Å². The van der Waals surface area contributed by atoms with Gasteiger partial charge in [0, 0.05) is 43.1 Å². The number of likely N-dealkylation sites (tertiary alicyclic amines) is 1. The monoisotopic (exact) mass is 575 g/mol. The first-order valence-electron chi connectivity index (χ1n) is 14.2. The number of carbonyl (C=O) groups is 2. The lowest BCUT2D eigenvalue weighted by molar-refractivity contribution is -0.136. The topological polar surface area (TPSA) is 120 Å². The fourth-order valence-electron chi connectivity index (χ4n) is 5.81. The number of halogens is 1. The van der Waals surface area contributed by atoms with Gasteiger partial charge in [0.1, 0.15) is 0 Å². The average molecular weight is 576 g/mol. The highest BCUT2D eigenvalue weighted by Crippen LogP contribution is 2.28. The second-order valence-electron chi connectivity index (χ2n) is 11.1. The largest absolute Gasteiger partial charge is 0.388 e. The fourth-order valence-corrected chi connectivity index (χ4v) is 5.97. The van der Waals surface area contributed by atoms with Gasteiger partial charge in [0.2, 0.25) is 5.91 Å². The summed E-state index contributed by atoms with van der Waals surface area (Å²) in [5.41, 5.74) is 1.83. The van der Waals surface area contributed by atoms with E-state index in [1.807, 2.05) is 12.1 Å². The van der Waals surface area contributed by atoms with E-state index in [0.717, 1.165) is 30.5 Å². The molecule has 3 aromatic rings. The molecule has 2 aromatic carbocycles. The summed E-state index contributed by atoms with van der Waals surface area (Å²) >= 11 is 5.99. The molecule has 0 atom stereocenters. The number of aromatic nitrogens is 2. The number of piperidine rings is 1. The van der Waals surface area contributed by atoms with Crippen molar-refractivity contribution in [3.63, 3.8) is 0 Å². The van der Waals surface area contributed by atoms with Gasteiger partial charge in [0.05, 0.1) is 35.1 Å². The fraction of sp³-hybridized carbons (Fsp3) is 0.452. The lowest BCUT2D eigenvalue weighted by atomic mass is 9.91. The molecule has 5 rings (SSSR count). The predicted molar refractivity (Wildman–Crippen MR) is 157 cm³/mol. The van der Waals surface area contributed by atoms with E-state index >= 15 is 0 Å². The number of hydrogen-bond donors (Lipinski definition) is 1. The van der Waals surface area contributed by atoms with E-state index in [9.17, 15) is 24.8 Å². The maximum atomic E-state index is 12.9. The van der Waals surface area contributed by atoms with Crippen molar-refractivity contribution in [2.24, 2.45) is 0 Å². The Bertz CT molecular complexity index is 1550. The van der Waals surface area contributed by atoms with Crippen molar-refractivity contribution in [2.75, 3.05) is 24.5 Å². The molecule has 1 fully saturated rings. The van der Waals surface area contributed by atoms with Crippen LogP contribution >= 0.6 is 11.6 Å². The molecule has 41 heavy (non-hydrogen) atoms. The standard InChI is InChI=1S/C31H34ClN5O4/c32-24-9-10-25-26(18-24)34-21-37(30(25)40)19-31(41)12-15-35(16-13-31)29(39)7-3-1-2-6-28(38)23-8-11-27-22(17-23)5-4-14-36(27)20-33/h8-11,17-18,21,41H,1-7,12-16,19H2. The number of unbranched alkanes of at least 4 members (excludes halogenated alkanes) is 2. The molecule has 3 heterocycles. The number of amides is 1. The van der Waals surface area contributed by atoms with Crippen LogP contribution in [0.2, 0.25) is 5.02 Å². The molecule has 1 amide bonds. The Balaban J connectivity index is 1.04. The summed E-state index contributed by atoms with van der Waals surface area (Å²) < 4.78 is 1.43. The summed E-state index contributed by atoms with van der Waals surface area (Å²) in [6, 6.07) is 10.5. The maximum absolute atomic E-state index is 12.9. The normalized spacial score (nSPS) is 16.3. The molecule has 2 aliphatic heterocycles. The molecule has 1 saturated heterocycles. The first-order chi connectivity index (χ1) is 19.8. The molecule has 10 heteroatoms. The Morgan fingerprint density at radius 1 is 1.05 bits per heavy atom. The van der Waals surface area contributed by atoms with Gasteiger partial charge in [-0.25, -0.2) is 4.98 Å². The van der Waals surface area contributed by atoms with Gasteiger partial charge in [0.15, 0.2) is 12.0 Å². The summed E-state index contributed by atoms with van der Waals surface area (Å²) in [5.74, 6) is 0.143. The SMILES string of the molecule is N#CN1CCCc2cc(C(=O)CCCCCC(=O)N3CCC(O)(Cn4cnc5cc(Cl)ccc5c4=O)CC3)ccc21. The van der Waals surface area contributed by atoms with Crippen LogP contribution in [0, 0.1) is 11.5 Å². The van der Waals surface area contributed by atoms with Crippen LogP contribution in [0.25, 0.3) is 10.9 Å². The Morgan fingerprint density at radius 3 is 2.61 bits per heavy atom. The molecule has 0 bridgehead atoms. The third kappa shape index (κ3) is 6.61. The summed E-state index contributed by atoms with van der Waals surface area (Å²) in [7, 11) is 0. The minimum Gasteiger partial charge on any atom is -0.388 e. The number of fused-ring (bicyclic) bond motifs is 2. The van der Waals surface area contributed by atoms with Crippen molar-refractivity contribution in [3.05, 3.63) is 69.2 Å². The van der Waals surface area contributed by atoms with E-state index in [-0.39, 0.29) is 23.8 Å². The summed E-state index contributed by atoms with van der Waals surface area (Å²) in [6.07, 6.45) is 9.22. The quantitative estimate of drug-likeness (QED) is 0.227. The lowest BCUT2D eigenvalue weighted by Crippen LogP contribution is -2.49. The van der Waals surface area contributed by atoms with E-state index in [2.05, 4.69) is 11.2 Å². The van der Waals surface area contributed by atoms with Crippen molar-refractivity contribution in [1.82, 2.24) is 14.5 Å². The average Bonchev–Trinajstić information content (AvgIpc) is 2.98. The summed E-state index contributed by atoms with van der Waals surface area (Å²) in [6.45, 7) is 1.70. The lowest BCUT2D eigenvalue weighted by Gasteiger charge is -2.38. The van der Waals surface area contributed by atoms with Crippen molar-refractivity contribution >= 4 is 39.9 Å². The Labute approximate surface area is 244 Å². The van der Waals surface area contributed by atoms with Crippen LogP contribution in [-0.4, -0.2) is 56.5 Å². The number of nitrogens with zero attached hydrogens (tertiary/aromatic N) is 5. The Morgan fingerprint density at radius 2 is 1.83 bits per heavy atom. The van der Waals surface area contributed by atoms with Crippen LogP contribution in [0.3, 0.4) is 0 Å². The number of rotatable bonds is 9. The molecule has 1 aromatic heterocycles. The molecule has 2 aliphatic rings. The zero-order valence-corrected chi connectivity index (χ0v) is 23.8. The minimum absolute atomic E-state index is 0.0523. The predicted octanol–water partition coefficient (Wildman–Crippen LogP) is 4.47. The second kappa shape index (κ2) is 12.4. The number of carbonyl (C=O) groups excluding carboxylic acids is 2. The van der Waals surface area contributed by atoms with Crippen molar-refractivity contribution < 1.29 is 14.7 Å². The number of aliphatic hydroxyl groups is 1. The maximum Gasteiger partial charge on any atom is 0.261 e. The van der Waals surface area contributed by atoms with Crippen LogP contribution in [0.5, 0.6) is 0 Å². The van der Waals surface area contributed by atoms with E-state index in [1.165, 1.54) is 10.9 Å². The van der Waals surface area contributed by atoms with Gasteiger partial charge in [0.25, 0.3) is 5.56 Å². The minimum atomic E-state index is -1.09. The van der Waals surface area contributed by atoms with Crippen molar-refractivity contribution in [2.45, 2.75) is 69.9 Å². The van der Waals surface area contributed by atoms with Crippen LogP contribution < -0.4 is 10.5 Å². The number of nitriles is 1. The van der Waals surface area contributed by atoms with Gasteiger partial charge in [-0.15, -0.1) is 0 Å². The molecular weight excluding hydrogens is 542 g/mol. The third-order valence-electron chi connectivity index (χ3n) is 8.23. The molecule has 0 aliphatic carbocycles. The first-order valence-corrected chi connectivity index (χ1v) is 14.6. The Kier molecular flexibility index (Phi) is 8.71. The number of Topliss-reactive ketones (excluding diaryl/α,β-unsaturated/α-hetero) is 1. The van der Waals surface area contributed by atoms with E-state index in [1.54, 1.807) is 34.1 Å². The molecule has 0 saturated carbocycles. The molecule has 0 spiro atoms. The highest BCUT2D eigenvalue weighted by Gasteiger charge is 2.34.